The van der Waals surface area contributed by atoms with Crippen molar-refractivity contribution < 1.29 is 19.1 Å². The molecule has 1 aliphatic rings. The monoisotopic (exact) mass is 383 g/mol. The van der Waals surface area contributed by atoms with Gasteiger partial charge in [-0.05, 0) is 55.0 Å². The summed E-state index contributed by atoms with van der Waals surface area (Å²) >= 11 is 1.17. The Morgan fingerprint density at radius 1 is 1.00 bits per heavy atom. The molecular formula is C21H21NO4S. The second-order valence-corrected chi connectivity index (χ2v) is 7.46. The second kappa shape index (κ2) is 8.86. The molecule has 0 radical (unpaired) electrons. The molecule has 3 rings (SSSR count). The van der Waals surface area contributed by atoms with Crippen LogP contribution < -0.4 is 5.73 Å². The van der Waals surface area contributed by atoms with E-state index in [-0.39, 0.29) is 18.1 Å². The van der Waals surface area contributed by atoms with Crippen LogP contribution in [0.15, 0.2) is 47.4 Å². The number of amides is 1. The lowest BCUT2D eigenvalue weighted by Crippen LogP contribution is -2.16. The van der Waals surface area contributed by atoms with Crippen LogP contribution in [0.4, 0.5) is 0 Å². The maximum absolute atomic E-state index is 12.4. The molecule has 0 bridgehead atoms. The number of benzene rings is 2. The molecule has 0 aromatic heterocycles. The summed E-state index contributed by atoms with van der Waals surface area (Å²) in [7, 11) is 0. The van der Waals surface area contributed by atoms with Crippen LogP contribution >= 0.6 is 11.8 Å². The van der Waals surface area contributed by atoms with Crippen LogP contribution in [0.2, 0.25) is 0 Å². The standard InChI is InChI=1S/C21H21NO4S/c22-20(24)13-27-19-8-4-3-7-17(19)21(25)26-12-18(23)16-10-9-14-5-1-2-6-15(14)11-16/h3-4,7-11H,1-2,5-6,12-13H2,(H2,22,24). The van der Waals surface area contributed by atoms with E-state index in [0.29, 0.717) is 16.0 Å². The number of carbonyl (C=O) groups excluding carboxylic acids is 3. The van der Waals surface area contributed by atoms with Crippen LogP contribution in [-0.2, 0) is 22.4 Å². The van der Waals surface area contributed by atoms with E-state index < -0.39 is 11.9 Å². The number of carbonyl (C=O) groups is 3. The molecule has 1 amide bonds. The number of ether oxygens (including phenoxy) is 1. The number of thioether (sulfide) groups is 1. The molecule has 0 spiro atoms. The molecule has 0 saturated heterocycles. The number of nitrogens with two attached hydrogens (primary N) is 1. The summed E-state index contributed by atoms with van der Waals surface area (Å²) in [6.07, 6.45) is 4.36. The van der Waals surface area contributed by atoms with Crippen LogP contribution in [0.25, 0.3) is 0 Å². The minimum atomic E-state index is -0.589. The Morgan fingerprint density at radius 2 is 1.74 bits per heavy atom. The number of Topliss-reactive ketones (excluding diaryl/α,β-unsaturated/α-hetero) is 1. The molecule has 6 heteroatoms. The third-order valence-corrected chi connectivity index (χ3v) is 5.58. The van der Waals surface area contributed by atoms with Gasteiger partial charge in [-0.1, -0.05) is 24.3 Å². The predicted molar refractivity (Wildman–Crippen MR) is 104 cm³/mol. The van der Waals surface area contributed by atoms with Gasteiger partial charge in [0.25, 0.3) is 0 Å². The highest BCUT2D eigenvalue weighted by molar-refractivity contribution is 8.00. The number of hydrogen-bond acceptors (Lipinski definition) is 5. The van der Waals surface area contributed by atoms with Crippen molar-refractivity contribution in [2.75, 3.05) is 12.4 Å². The largest absolute Gasteiger partial charge is 0.454 e. The van der Waals surface area contributed by atoms with Gasteiger partial charge in [-0.25, -0.2) is 4.79 Å². The first-order valence-electron chi connectivity index (χ1n) is 8.87. The average Bonchev–Trinajstić information content (AvgIpc) is 2.70. The van der Waals surface area contributed by atoms with Gasteiger partial charge in [-0.15, -0.1) is 11.8 Å². The molecule has 2 aromatic carbocycles. The number of hydrogen-bond donors (Lipinski definition) is 1. The molecule has 2 N–H and O–H groups in total. The fraction of sp³-hybridized carbons (Fsp3) is 0.286. The number of esters is 1. The molecule has 2 aromatic rings. The van der Waals surface area contributed by atoms with E-state index >= 15 is 0 Å². The van der Waals surface area contributed by atoms with Gasteiger partial charge in [0.1, 0.15) is 0 Å². The summed E-state index contributed by atoms with van der Waals surface area (Å²) in [5, 5.41) is 0. The van der Waals surface area contributed by atoms with Gasteiger partial charge in [-0.2, -0.15) is 0 Å². The van der Waals surface area contributed by atoms with Crippen LogP contribution in [0, 0.1) is 0 Å². The summed E-state index contributed by atoms with van der Waals surface area (Å²) < 4.78 is 5.22. The van der Waals surface area contributed by atoms with Gasteiger partial charge >= 0.3 is 5.97 Å². The Hall–Kier alpha value is -2.60. The number of rotatable bonds is 7. The van der Waals surface area contributed by atoms with Gasteiger partial charge < -0.3 is 10.5 Å². The minimum Gasteiger partial charge on any atom is -0.454 e. The maximum atomic E-state index is 12.4. The topological polar surface area (TPSA) is 86.5 Å². The van der Waals surface area contributed by atoms with Gasteiger partial charge in [0, 0.05) is 10.5 Å². The predicted octanol–water partition coefficient (Wildman–Crippen LogP) is 3.18. The number of primary amides is 1. The van der Waals surface area contributed by atoms with Crippen molar-refractivity contribution in [3.63, 3.8) is 0 Å². The number of fused-ring (bicyclic) bond motifs is 1. The summed E-state index contributed by atoms with van der Waals surface area (Å²) in [6.45, 7) is -0.313. The zero-order valence-corrected chi connectivity index (χ0v) is 15.7. The second-order valence-electron chi connectivity index (χ2n) is 6.44. The van der Waals surface area contributed by atoms with E-state index in [0.717, 1.165) is 19.3 Å². The first-order valence-corrected chi connectivity index (χ1v) is 9.85. The summed E-state index contributed by atoms with van der Waals surface area (Å²) in [5.74, 6) is -1.21. The van der Waals surface area contributed by atoms with Crippen molar-refractivity contribution in [1.82, 2.24) is 0 Å². The highest BCUT2D eigenvalue weighted by Crippen LogP contribution is 2.24. The molecule has 0 saturated carbocycles. The van der Waals surface area contributed by atoms with Gasteiger partial charge in [0.2, 0.25) is 5.91 Å². The molecule has 0 fully saturated rings. The van der Waals surface area contributed by atoms with E-state index in [9.17, 15) is 14.4 Å². The van der Waals surface area contributed by atoms with Gasteiger partial charge in [0.15, 0.2) is 12.4 Å². The fourth-order valence-corrected chi connectivity index (χ4v) is 3.89. The highest BCUT2D eigenvalue weighted by Gasteiger charge is 2.17. The third kappa shape index (κ3) is 4.98. The van der Waals surface area contributed by atoms with Gasteiger partial charge in [-0.3, -0.25) is 9.59 Å². The van der Waals surface area contributed by atoms with Crippen LogP contribution in [0.3, 0.4) is 0 Å². The lowest BCUT2D eigenvalue weighted by molar-refractivity contribution is -0.115. The Morgan fingerprint density at radius 3 is 2.52 bits per heavy atom. The Balaban J connectivity index is 1.64. The molecule has 5 nitrogen and oxygen atoms in total. The Kier molecular flexibility index (Phi) is 6.29. The SMILES string of the molecule is NC(=O)CSc1ccccc1C(=O)OCC(=O)c1ccc2c(c1)CCCC2. The summed E-state index contributed by atoms with van der Waals surface area (Å²) in [5.41, 5.74) is 8.56. The van der Waals surface area contributed by atoms with Crippen LogP contribution in [-0.4, -0.2) is 30.0 Å². The van der Waals surface area contributed by atoms with Crippen molar-refractivity contribution in [2.45, 2.75) is 30.6 Å². The Bertz CT molecular complexity index is 878. The van der Waals surface area contributed by atoms with Crippen molar-refractivity contribution in [2.24, 2.45) is 5.73 Å². The minimum absolute atomic E-state index is 0.0678. The molecular weight excluding hydrogens is 362 g/mol. The third-order valence-electron chi connectivity index (χ3n) is 4.48. The first-order chi connectivity index (χ1) is 13.0. The molecule has 140 valence electrons. The lowest BCUT2D eigenvalue weighted by Gasteiger charge is -2.16. The summed E-state index contributed by atoms with van der Waals surface area (Å²) in [4.78, 5) is 36.4. The highest BCUT2D eigenvalue weighted by atomic mass is 32.2. The normalized spacial score (nSPS) is 12.9. The van der Waals surface area contributed by atoms with E-state index in [1.807, 2.05) is 12.1 Å². The Labute approximate surface area is 162 Å². The van der Waals surface area contributed by atoms with Crippen molar-refractivity contribution >= 4 is 29.4 Å². The van der Waals surface area contributed by atoms with Crippen LogP contribution in [0.1, 0.15) is 44.7 Å². The molecule has 1 aliphatic carbocycles. The van der Waals surface area contributed by atoms with Crippen molar-refractivity contribution in [3.8, 4) is 0 Å². The number of aryl methyl sites for hydroxylation is 2. The van der Waals surface area contributed by atoms with Gasteiger partial charge in [0.05, 0.1) is 11.3 Å². The number of ketones is 1. The zero-order chi connectivity index (χ0) is 19.2. The average molecular weight is 383 g/mol. The molecule has 0 heterocycles. The van der Waals surface area contributed by atoms with E-state index in [1.165, 1.54) is 29.3 Å². The van der Waals surface area contributed by atoms with Crippen LogP contribution in [0.5, 0.6) is 0 Å². The lowest BCUT2D eigenvalue weighted by atomic mass is 9.90. The maximum Gasteiger partial charge on any atom is 0.339 e. The molecule has 0 aliphatic heterocycles. The van der Waals surface area contributed by atoms with E-state index in [4.69, 9.17) is 10.5 Å². The quantitative estimate of drug-likeness (QED) is 0.451. The fourth-order valence-electron chi connectivity index (χ4n) is 3.11. The molecule has 0 unspecified atom stereocenters. The molecule has 27 heavy (non-hydrogen) atoms. The van der Waals surface area contributed by atoms with E-state index in [1.54, 1.807) is 30.3 Å². The molecule has 0 atom stereocenters. The summed E-state index contributed by atoms with van der Waals surface area (Å²) in [6, 6.07) is 12.5. The van der Waals surface area contributed by atoms with Crippen molar-refractivity contribution in [3.05, 3.63) is 64.7 Å². The van der Waals surface area contributed by atoms with Crippen molar-refractivity contribution in [1.29, 1.82) is 0 Å². The first kappa shape index (κ1) is 19.2. The smallest absolute Gasteiger partial charge is 0.339 e. The van der Waals surface area contributed by atoms with E-state index in [2.05, 4.69) is 0 Å². The zero-order valence-electron chi connectivity index (χ0n) is 14.9.